The second-order valence-electron chi connectivity index (χ2n) is 10.7. The first-order valence-electron chi connectivity index (χ1n) is 12.2. The van der Waals surface area contributed by atoms with Gasteiger partial charge in [-0.25, -0.2) is 0 Å². The molecule has 2 fully saturated rings. The molecule has 5 rings (SSSR count). The van der Waals surface area contributed by atoms with Gasteiger partial charge in [0, 0.05) is 30.9 Å². The lowest BCUT2D eigenvalue weighted by molar-refractivity contribution is -0.147. The summed E-state index contributed by atoms with van der Waals surface area (Å²) in [6, 6.07) is 3.74. The number of hydrogen-bond donors (Lipinski definition) is 1. The molecule has 2 atom stereocenters. The smallest absolute Gasteiger partial charge is 0.309 e. The van der Waals surface area contributed by atoms with Crippen molar-refractivity contribution in [3.8, 4) is 11.5 Å². The first-order valence-corrected chi connectivity index (χ1v) is 13.4. The van der Waals surface area contributed by atoms with Crippen LogP contribution in [0.5, 0.6) is 11.5 Å². The molecule has 35 heavy (non-hydrogen) atoms. The average molecular weight is 518 g/mol. The lowest BCUT2D eigenvalue weighted by Crippen LogP contribution is -2.51. The van der Waals surface area contributed by atoms with E-state index in [0.29, 0.717) is 72.9 Å². The molecule has 2 aliphatic carbocycles. The number of nitrogens with zero attached hydrogens (tertiary/aromatic N) is 1. The summed E-state index contributed by atoms with van der Waals surface area (Å²) >= 11 is 8.19. The van der Waals surface area contributed by atoms with Gasteiger partial charge in [-0.2, -0.15) is 0 Å². The van der Waals surface area contributed by atoms with Crippen molar-refractivity contribution in [1.82, 2.24) is 4.90 Å². The Morgan fingerprint density at radius 2 is 2.03 bits per heavy atom. The van der Waals surface area contributed by atoms with Crippen molar-refractivity contribution in [3.63, 3.8) is 0 Å². The minimum absolute atomic E-state index is 0.211. The molecule has 1 aromatic heterocycles. The zero-order valence-electron chi connectivity index (χ0n) is 20.7. The summed E-state index contributed by atoms with van der Waals surface area (Å²) in [6.45, 7) is 8.95. The number of carbonyl (C=O) groups excluding carboxylic acids is 1. The number of aliphatic carboxylic acids is 1. The SMILES string of the molecule is COc1cc(CCC(=O)c2sc(C)c3c2C[C@@H]2[C@H]3C2(C)C)cc(Cl)c1OCCN1CC(C(=O)O)C1. The highest BCUT2D eigenvalue weighted by molar-refractivity contribution is 7.14. The molecule has 0 amide bonds. The maximum absolute atomic E-state index is 13.2. The number of likely N-dealkylation sites (tertiary alicyclic amines) is 1. The van der Waals surface area contributed by atoms with Gasteiger partial charge in [-0.3, -0.25) is 14.5 Å². The van der Waals surface area contributed by atoms with E-state index in [-0.39, 0.29) is 11.7 Å². The molecule has 0 unspecified atom stereocenters. The number of hydrogen-bond acceptors (Lipinski definition) is 6. The number of carboxylic acid groups (broad SMARTS) is 1. The van der Waals surface area contributed by atoms with Crippen LogP contribution in [-0.4, -0.2) is 55.1 Å². The summed E-state index contributed by atoms with van der Waals surface area (Å²) in [4.78, 5) is 28.4. The van der Waals surface area contributed by atoms with Gasteiger partial charge in [0.1, 0.15) is 6.61 Å². The number of thiophene rings is 1. The van der Waals surface area contributed by atoms with Crippen molar-refractivity contribution in [2.75, 3.05) is 33.4 Å². The van der Waals surface area contributed by atoms with Crippen LogP contribution >= 0.6 is 22.9 Å². The molecular formula is C27H32ClNO5S. The van der Waals surface area contributed by atoms with Crippen LogP contribution in [0.1, 0.15) is 57.4 Å². The molecule has 0 radical (unpaired) electrons. The Balaban J connectivity index is 1.19. The van der Waals surface area contributed by atoms with Crippen molar-refractivity contribution in [3.05, 3.63) is 43.6 Å². The maximum Gasteiger partial charge on any atom is 0.309 e. The van der Waals surface area contributed by atoms with E-state index >= 15 is 0 Å². The highest BCUT2D eigenvalue weighted by atomic mass is 35.5. The minimum Gasteiger partial charge on any atom is -0.493 e. The standard InChI is InChI=1S/C27H32ClNO5S/c1-14-22-17(11-18-23(22)27(18,2)3)25(35-14)20(30)6-5-15-9-19(28)24(21(10-15)33-4)34-8-7-29-12-16(13-29)26(31)32/h9-10,16,18,23H,5-8,11-13H2,1-4H3,(H,31,32)/t18-,23-/m1/s1. The van der Waals surface area contributed by atoms with Crippen LogP contribution in [0.25, 0.3) is 0 Å². The second kappa shape index (κ2) is 9.09. The molecule has 1 saturated heterocycles. The molecule has 1 aromatic carbocycles. The Hall–Kier alpha value is -2.09. The third kappa shape index (κ3) is 4.36. The quantitative estimate of drug-likeness (QED) is 0.435. The normalized spacial score (nSPS) is 22.3. The van der Waals surface area contributed by atoms with Crippen molar-refractivity contribution in [1.29, 1.82) is 0 Å². The predicted octanol–water partition coefficient (Wildman–Crippen LogP) is 5.22. The summed E-state index contributed by atoms with van der Waals surface area (Å²) < 4.78 is 11.4. The molecule has 188 valence electrons. The summed E-state index contributed by atoms with van der Waals surface area (Å²) in [5.74, 6) is 1.53. The molecule has 1 saturated carbocycles. The van der Waals surface area contributed by atoms with Crippen LogP contribution in [0.3, 0.4) is 0 Å². The van der Waals surface area contributed by atoms with Crippen LogP contribution in [0.2, 0.25) is 5.02 Å². The van der Waals surface area contributed by atoms with E-state index < -0.39 is 5.97 Å². The lowest BCUT2D eigenvalue weighted by Gasteiger charge is -2.36. The third-order valence-electron chi connectivity index (χ3n) is 8.16. The Kier molecular flexibility index (Phi) is 6.39. The fraction of sp³-hybridized carbons (Fsp3) is 0.556. The van der Waals surface area contributed by atoms with Crippen LogP contribution in [0.4, 0.5) is 0 Å². The monoisotopic (exact) mass is 517 g/mol. The first kappa shape index (κ1) is 24.6. The highest BCUT2D eigenvalue weighted by Crippen LogP contribution is 2.71. The number of aryl methyl sites for hydroxylation is 2. The molecule has 6 nitrogen and oxygen atoms in total. The first-order chi connectivity index (χ1) is 16.6. The van der Waals surface area contributed by atoms with Crippen LogP contribution < -0.4 is 9.47 Å². The molecule has 0 bridgehead atoms. The van der Waals surface area contributed by atoms with E-state index in [9.17, 15) is 9.59 Å². The van der Waals surface area contributed by atoms with E-state index in [1.54, 1.807) is 18.4 Å². The molecule has 2 heterocycles. The molecule has 8 heteroatoms. The lowest BCUT2D eigenvalue weighted by atomic mass is 9.94. The van der Waals surface area contributed by atoms with Crippen LogP contribution in [-0.2, 0) is 17.6 Å². The number of benzene rings is 1. The molecule has 1 N–H and O–H groups in total. The molecule has 0 spiro atoms. The number of halogens is 1. The summed E-state index contributed by atoms with van der Waals surface area (Å²) in [5, 5.41) is 9.44. The maximum atomic E-state index is 13.2. The second-order valence-corrected chi connectivity index (χ2v) is 12.3. The van der Waals surface area contributed by atoms with Gasteiger partial charge in [-0.05, 0) is 65.8 Å². The average Bonchev–Trinajstić information content (AvgIpc) is 3.09. The van der Waals surface area contributed by atoms with E-state index in [2.05, 4.69) is 20.8 Å². The van der Waals surface area contributed by atoms with E-state index in [1.165, 1.54) is 16.0 Å². The topological polar surface area (TPSA) is 76.1 Å². The van der Waals surface area contributed by atoms with Gasteiger partial charge in [0.15, 0.2) is 17.3 Å². The van der Waals surface area contributed by atoms with Crippen LogP contribution in [0, 0.1) is 24.2 Å². The Morgan fingerprint density at radius 3 is 2.71 bits per heavy atom. The van der Waals surface area contributed by atoms with Crippen LogP contribution in [0.15, 0.2) is 12.1 Å². The Bertz CT molecular complexity index is 1180. The number of methoxy groups -OCH3 is 1. The number of carboxylic acids is 1. The fourth-order valence-electron chi connectivity index (χ4n) is 5.97. The zero-order chi connectivity index (χ0) is 25.1. The largest absolute Gasteiger partial charge is 0.493 e. The molecule has 2 aromatic rings. The third-order valence-corrected chi connectivity index (χ3v) is 9.65. The van der Waals surface area contributed by atoms with Gasteiger partial charge in [-0.15, -0.1) is 11.3 Å². The predicted molar refractivity (Wildman–Crippen MR) is 136 cm³/mol. The van der Waals surface area contributed by atoms with Gasteiger partial charge < -0.3 is 14.6 Å². The van der Waals surface area contributed by atoms with Gasteiger partial charge >= 0.3 is 5.97 Å². The number of carbonyl (C=O) groups is 2. The number of ketones is 1. The summed E-state index contributed by atoms with van der Waals surface area (Å²) in [5.41, 5.74) is 4.08. The molecule has 3 aliphatic rings. The number of rotatable bonds is 10. The van der Waals surface area contributed by atoms with Gasteiger partial charge in [0.2, 0.25) is 0 Å². The van der Waals surface area contributed by atoms with Crippen molar-refractivity contribution in [2.24, 2.45) is 17.3 Å². The number of fused-ring (bicyclic) bond motifs is 3. The van der Waals surface area contributed by atoms with E-state index in [0.717, 1.165) is 16.9 Å². The van der Waals surface area contributed by atoms with Crippen molar-refractivity contribution >= 4 is 34.7 Å². The summed E-state index contributed by atoms with van der Waals surface area (Å²) in [7, 11) is 1.57. The number of Topliss-reactive ketones (excluding diaryl/α,β-unsaturated/α-hetero) is 1. The van der Waals surface area contributed by atoms with Gasteiger partial charge in [0.05, 0.1) is 22.9 Å². The zero-order valence-corrected chi connectivity index (χ0v) is 22.2. The van der Waals surface area contributed by atoms with Crippen molar-refractivity contribution in [2.45, 2.75) is 46.0 Å². The summed E-state index contributed by atoms with van der Waals surface area (Å²) in [6.07, 6.45) is 2.06. The van der Waals surface area contributed by atoms with Gasteiger partial charge in [0.25, 0.3) is 0 Å². The highest BCUT2D eigenvalue weighted by Gasteiger charge is 2.63. The van der Waals surface area contributed by atoms with E-state index in [4.69, 9.17) is 26.2 Å². The number of ether oxygens (including phenoxy) is 2. The molecule has 1 aliphatic heterocycles. The Labute approximate surface area is 215 Å². The van der Waals surface area contributed by atoms with E-state index in [1.807, 2.05) is 17.0 Å². The Morgan fingerprint density at radius 1 is 1.29 bits per heavy atom. The van der Waals surface area contributed by atoms with Gasteiger partial charge in [-0.1, -0.05) is 25.4 Å². The fourth-order valence-corrected chi connectivity index (χ4v) is 7.46. The minimum atomic E-state index is -0.750. The molecular weight excluding hydrogens is 486 g/mol. The van der Waals surface area contributed by atoms with Crippen molar-refractivity contribution < 1.29 is 24.2 Å².